The number of hydrogen-bond acceptors (Lipinski definition) is 3. The van der Waals surface area contributed by atoms with Gasteiger partial charge in [0.15, 0.2) is 0 Å². The van der Waals surface area contributed by atoms with Crippen molar-refractivity contribution in [2.24, 2.45) is 0 Å². The van der Waals surface area contributed by atoms with Crippen LogP contribution in [0.25, 0.3) is 6.08 Å². The van der Waals surface area contributed by atoms with Crippen LogP contribution in [-0.2, 0) is 0 Å². The zero-order valence-electron chi connectivity index (χ0n) is 8.43. The molecule has 0 fully saturated rings. The molecule has 0 aliphatic carbocycles. The lowest BCUT2D eigenvalue weighted by atomic mass is 10.0. The molecule has 0 saturated heterocycles. The second kappa shape index (κ2) is 3.73. The Kier molecular flexibility index (Phi) is 2.41. The van der Waals surface area contributed by atoms with Gasteiger partial charge in [0.25, 0.3) is 5.70 Å². The SMILES string of the molecule is CC[C@H]1Nc2ccccc2C=C1[N+](=O)[O-]. The molecule has 78 valence electrons. The summed E-state index contributed by atoms with van der Waals surface area (Å²) >= 11 is 0. The Labute approximate surface area is 87.8 Å². The maximum Gasteiger partial charge on any atom is 0.268 e. The van der Waals surface area contributed by atoms with Crippen molar-refractivity contribution in [2.45, 2.75) is 19.4 Å². The first-order valence-corrected chi connectivity index (χ1v) is 4.94. The summed E-state index contributed by atoms with van der Waals surface area (Å²) in [6.45, 7) is 1.93. The fraction of sp³-hybridized carbons (Fsp3) is 0.273. The molecule has 1 aliphatic rings. The Bertz CT molecular complexity index is 426. The van der Waals surface area contributed by atoms with Gasteiger partial charge >= 0.3 is 0 Å². The van der Waals surface area contributed by atoms with Crippen LogP contribution in [-0.4, -0.2) is 11.0 Å². The average molecular weight is 204 g/mol. The predicted octanol–water partition coefficient (Wildman–Crippen LogP) is 2.51. The van der Waals surface area contributed by atoms with Crippen LogP contribution in [0.1, 0.15) is 18.9 Å². The molecule has 1 aliphatic heterocycles. The Hall–Kier alpha value is -1.84. The molecule has 0 amide bonds. The van der Waals surface area contributed by atoms with Crippen molar-refractivity contribution >= 4 is 11.8 Å². The fourth-order valence-electron chi connectivity index (χ4n) is 1.77. The summed E-state index contributed by atoms with van der Waals surface area (Å²) in [5.74, 6) is 0. The van der Waals surface area contributed by atoms with Gasteiger partial charge in [0, 0.05) is 17.3 Å². The van der Waals surface area contributed by atoms with Crippen LogP contribution in [0, 0.1) is 10.1 Å². The number of benzene rings is 1. The van der Waals surface area contributed by atoms with Gasteiger partial charge < -0.3 is 5.32 Å². The van der Waals surface area contributed by atoms with Crippen molar-refractivity contribution < 1.29 is 4.92 Å². The quantitative estimate of drug-likeness (QED) is 0.594. The molecule has 0 bridgehead atoms. The van der Waals surface area contributed by atoms with Crippen LogP contribution in [0.15, 0.2) is 30.0 Å². The van der Waals surface area contributed by atoms with Crippen LogP contribution >= 0.6 is 0 Å². The molecular weight excluding hydrogens is 192 g/mol. The number of fused-ring (bicyclic) bond motifs is 1. The molecule has 4 nitrogen and oxygen atoms in total. The molecule has 0 radical (unpaired) electrons. The molecular formula is C11H12N2O2. The van der Waals surface area contributed by atoms with E-state index < -0.39 is 0 Å². The van der Waals surface area contributed by atoms with Gasteiger partial charge in [-0.15, -0.1) is 0 Å². The summed E-state index contributed by atoms with van der Waals surface area (Å²) in [5, 5.41) is 14.0. The maximum atomic E-state index is 10.8. The molecule has 0 unspecified atom stereocenters. The van der Waals surface area contributed by atoms with Gasteiger partial charge in [0.05, 0.1) is 4.92 Å². The van der Waals surface area contributed by atoms with Crippen LogP contribution in [0.3, 0.4) is 0 Å². The zero-order chi connectivity index (χ0) is 10.8. The van der Waals surface area contributed by atoms with Crippen LogP contribution < -0.4 is 5.32 Å². The smallest absolute Gasteiger partial charge is 0.268 e. The highest BCUT2D eigenvalue weighted by atomic mass is 16.6. The van der Waals surface area contributed by atoms with Gasteiger partial charge in [-0.2, -0.15) is 0 Å². The number of nitrogens with zero attached hydrogens (tertiary/aromatic N) is 1. The highest BCUT2D eigenvalue weighted by Crippen LogP contribution is 2.28. The van der Waals surface area contributed by atoms with E-state index in [0.29, 0.717) is 6.42 Å². The van der Waals surface area contributed by atoms with E-state index in [-0.39, 0.29) is 16.7 Å². The number of rotatable bonds is 2. The van der Waals surface area contributed by atoms with E-state index >= 15 is 0 Å². The molecule has 0 saturated carbocycles. The second-order valence-corrected chi connectivity index (χ2v) is 3.52. The second-order valence-electron chi connectivity index (χ2n) is 3.52. The number of nitrogens with one attached hydrogen (secondary N) is 1. The van der Waals surface area contributed by atoms with E-state index in [1.165, 1.54) is 0 Å². The largest absolute Gasteiger partial charge is 0.372 e. The number of nitro groups is 1. The van der Waals surface area contributed by atoms with Crippen molar-refractivity contribution in [1.82, 2.24) is 0 Å². The van der Waals surface area contributed by atoms with Crippen LogP contribution in [0.5, 0.6) is 0 Å². The van der Waals surface area contributed by atoms with E-state index in [1.54, 1.807) is 6.08 Å². The average Bonchev–Trinajstić information content (AvgIpc) is 2.27. The van der Waals surface area contributed by atoms with E-state index in [4.69, 9.17) is 0 Å². The minimum atomic E-state index is -0.308. The molecule has 0 spiro atoms. The first-order valence-electron chi connectivity index (χ1n) is 4.94. The minimum absolute atomic E-state index is 0.185. The summed E-state index contributed by atoms with van der Waals surface area (Å²) in [4.78, 5) is 10.5. The Morgan fingerprint density at radius 3 is 2.87 bits per heavy atom. The lowest BCUT2D eigenvalue weighted by Crippen LogP contribution is -2.28. The minimum Gasteiger partial charge on any atom is -0.372 e. The number of anilines is 1. The molecule has 15 heavy (non-hydrogen) atoms. The van der Waals surface area contributed by atoms with Crippen molar-refractivity contribution in [1.29, 1.82) is 0 Å². The lowest BCUT2D eigenvalue weighted by Gasteiger charge is -2.21. The molecule has 1 atom stereocenters. The Morgan fingerprint density at radius 1 is 1.47 bits per heavy atom. The van der Waals surface area contributed by atoms with Gasteiger partial charge in [-0.3, -0.25) is 10.1 Å². The predicted molar refractivity (Wildman–Crippen MR) is 59.1 cm³/mol. The van der Waals surface area contributed by atoms with Gasteiger partial charge in [0.1, 0.15) is 6.04 Å². The number of para-hydroxylation sites is 1. The molecule has 1 aromatic carbocycles. The third-order valence-electron chi connectivity index (χ3n) is 2.57. The van der Waals surface area contributed by atoms with Crippen LogP contribution in [0.2, 0.25) is 0 Å². The van der Waals surface area contributed by atoms with Crippen molar-refractivity contribution in [3.63, 3.8) is 0 Å². The molecule has 1 N–H and O–H groups in total. The molecule has 1 aromatic rings. The topological polar surface area (TPSA) is 55.2 Å². The van der Waals surface area contributed by atoms with Gasteiger partial charge in [-0.1, -0.05) is 25.1 Å². The third-order valence-corrected chi connectivity index (χ3v) is 2.57. The molecule has 0 aromatic heterocycles. The zero-order valence-corrected chi connectivity index (χ0v) is 8.43. The monoisotopic (exact) mass is 204 g/mol. The summed E-state index contributed by atoms with van der Waals surface area (Å²) in [6, 6.07) is 7.42. The van der Waals surface area contributed by atoms with Gasteiger partial charge in [-0.05, 0) is 12.5 Å². The fourth-order valence-corrected chi connectivity index (χ4v) is 1.77. The Balaban J connectivity index is 2.46. The van der Waals surface area contributed by atoms with Crippen molar-refractivity contribution in [3.8, 4) is 0 Å². The molecule has 1 heterocycles. The standard InChI is InChI=1S/C11H12N2O2/c1-2-9-11(13(14)15)7-8-5-3-4-6-10(8)12-9/h3-7,9,12H,2H2,1H3/t9-/m1/s1. The van der Waals surface area contributed by atoms with Crippen LogP contribution in [0.4, 0.5) is 5.69 Å². The maximum absolute atomic E-state index is 10.8. The third kappa shape index (κ3) is 1.70. The van der Waals surface area contributed by atoms with E-state index in [0.717, 1.165) is 11.3 Å². The number of hydrogen-bond donors (Lipinski definition) is 1. The van der Waals surface area contributed by atoms with E-state index in [9.17, 15) is 10.1 Å². The summed E-state index contributed by atoms with van der Waals surface area (Å²) in [6.07, 6.45) is 2.36. The van der Waals surface area contributed by atoms with Crippen molar-refractivity contribution in [2.75, 3.05) is 5.32 Å². The highest BCUT2D eigenvalue weighted by Gasteiger charge is 2.27. The Morgan fingerprint density at radius 2 is 2.20 bits per heavy atom. The van der Waals surface area contributed by atoms with Gasteiger partial charge in [-0.25, -0.2) is 0 Å². The normalized spacial score (nSPS) is 18.7. The summed E-state index contributed by atoms with van der Waals surface area (Å²) < 4.78 is 0. The van der Waals surface area contributed by atoms with Gasteiger partial charge in [0.2, 0.25) is 0 Å². The van der Waals surface area contributed by atoms with E-state index in [2.05, 4.69) is 5.32 Å². The highest BCUT2D eigenvalue weighted by molar-refractivity contribution is 5.71. The van der Waals surface area contributed by atoms with Crippen molar-refractivity contribution in [3.05, 3.63) is 45.6 Å². The summed E-state index contributed by atoms with van der Waals surface area (Å²) in [5.41, 5.74) is 2.10. The summed E-state index contributed by atoms with van der Waals surface area (Å²) in [7, 11) is 0. The molecule has 4 heteroatoms. The molecule has 2 rings (SSSR count). The van der Waals surface area contributed by atoms with E-state index in [1.807, 2.05) is 31.2 Å². The first kappa shape index (κ1) is 9.71. The first-order chi connectivity index (χ1) is 7.22. The lowest BCUT2D eigenvalue weighted by molar-refractivity contribution is -0.427.